The third-order valence-electron chi connectivity index (χ3n) is 3.33. The van der Waals surface area contributed by atoms with E-state index in [2.05, 4.69) is 9.47 Å². The van der Waals surface area contributed by atoms with Crippen molar-refractivity contribution in [3.05, 3.63) is 23.8 Å². The van der Waals surface area contributed by atoms with Crippen LogP contribution in [0.2, 0.25) is 0 Å². The minimum atomic E-state index is -0.646. The molecule has 0 spiro atoms. The number of hydrogen-bond donors (Lipinski definition) is 0. The molecule has 0 aromatic carbocycles. The summed E-state index contributed by atoms with van der Waals surface area (Å²) in [4.78, 5) is 35.2. The van der Waals surface area contributed by atoms with E-state index in [9.17, 15) is 14.4 Å². The van der Waals surface area contributed by atoms with Crippen molar-refractivity contribution in [2.75, 3.05) is 14.2 Å². The molecule has 0 radical (unpaired) electrons. The molecule has 1 aliphatic rings. The van der Waals surface area contributed by atoms with Gasteiger partial charge in [-0.1, -0.05) is 25.2 Å². The Morgan fingerprint density at radius 2 is 1.95 bits per heavy atom. The van der Waals surface area contributed by atoms with Crippen LogP contribution in [0.5, 0.6) is 0 Å². The zero-order valence-electron chi connectivity index (χ0n) is 12.0. The summed E-state index contributed by atoms with van der Waals surface area (Å²) in [6, 6.07) is 0. The second kappa shape index (κ2) is 7.62. The van der Waals surface area contributed by atoms with Gasteiger partial charge in [0.25, 0.3) is 0 Å². The lowest BCUT2D eigenvalue weighted by atomic mass is 9.88. The molecule has 20 heavy (non-hydrogen) atoms. The number of hydrogen-bond acceptors (Lipinski definition) is 5. The number of allylic oxidation sites excluding steroid dienone is 3. The highest BCUT2D eigenvalue weighted by Gasteiger charge is 2.39. The number of methoxy groups -OCH3 is 2. The Morgan fingerprint density at radius 3 is 2.50 bits per heavy atom. The number of carbonyl (C=O) groups excluding carboxylic acids is 3. The quantitative estimate of drug-likeness (QED) is 0.421. The van der Waals surface area contributed by atoms with Gasteiger partial charge in [-0.3, -0.25) is 9.59 Å². The lowest BCUT2D eigenvalue weighted by Gasteiger charge is -2.15. The van der Waals surface area contributed by atoms with Crippen LogP contribution in [0.25, 0.3) is 0 Å². The first-order valence-electron chi connectivity index (χ1n) is 6.61. The number of rotatable bonds is 6. The van der Waals surface area contributed by atoms with E-state index >= 15 is 0 Å². The van der Waals surface area contributed by atoms with Gasteiger partial charge in [-0.2, -0.15) is 0 Å². The fourth-order valence-electron chi connectivity index (χ4n) is 2.25. The molecular weight excluding hydrogens is 260 g/mol. The second-order valence-electron chi connectivity index (χ2n) is 4.60. The summed E-state index contributed by atoms with van der Waals surface area (Å²) in [5.41, 5.74) is 0.0382. The molecule has 0 N–H and O–H groups in total. The Hall–Kier alpha value is -1.91. The van der Waals surface area contributed by atoms with E-state index in [0.717, 1.165) is 6.42 Å². The van der Waals surface area contributed by atoms with Gasteiger partial charge in [0, 0.05) is 5.92 Å². The minimum Gasteiger partial charge on any atom is -0.469 e. The minimum absolute atomic E-state index is 0.0382. The summed E-state index contributed by atoms with van der Waals surface area (Å²) < 4.78 is 9.23. The Kier molecular flexibility index (Phi) is 6.15. The van der Waals surface area contributed by atoms with Crippen LogP contribution < -0.4 is 0 Å². The van der Waals surface area contributed by atoms with Crippen molar-refractivity contribution in [1.29, 1.82) is 0 Å². The van der Waals surface area contributed by atoms with Crippen LogP contribution in [0, 0.1) is 11.8 Å². The van der Waals surface area contributed by atoms with Crippen LogP contribution in [-0.4, -0.2) is 31.9 Å². The van der Waals surface area contributed by atoms with Gasteiger partial charge in [0.15, 0.2) is 5.78 Å². The van der Waals surface area contributed by atoms with E-state index in [1.54, 1.807) is 0 Å². The smallest absolute Gasteiger partial charge is 0.341 e. The zero-order chi connectivity index (χ0) is 15.1. The highest BCUT2D eigenvalue weighted by atomic mass is 16.5. The normalized spacial score (nSPS) is 21.9. The van der Waals surface area contributed by atoms with E-state index in [0.29, 0.717) is 6.42 Å². The first-order valence-corrected chi connectivity index (χ1v) is 6.61. The van der Waals surface area contributed by atoms with Gasteiger partial charge in [-0.05, 0) is 18.8 Å². The molecule has 0 aromatic heterocycles. The number of carbonyl (C=O) groups is 3. The van der Waals surface area contributed by atoms with Gasteiger partial charge in [-0.15, -0.1) is 0 Å². The van der Waals surface area contributed by atoms with Crippen LogP contribution in [-0.2, 0) is 23.9 Å². The average Bonchev–Trinajstić information content (AvgIpc) is 2.75. The van der Waals surface area contributed by atoms with Crippen molar-refractivity contribution in [3.8, 4) is 0 Å². The molecule has 110 valence electrons. The van der Waals surface area contributed by atoms with Crippen LogP contribution >= 0.6 is 0 Å². The molecule has 1 rings (SSSR count). The number of Topliss-reactive ketones (excluding diaryl/α,β-unsaturated/α-hetero) is 1. The largest absolute Gasteiger partial charge is 0.469 e. The molecular formula is C15H20O5. The molecule has 2 atom stereocenters. The highest BCUT2D eigenvalue weighted by Crippen LogP contribution is 2.33. The predicted molar refractivity (Wildman–Crippen MR) is 72.8 cm³/mol. The van der Waals surface area contributed by atoms with E-state index in [-0.39, 0.29) is 23.7 Å². The third-order valence-corrected chi connectivity index (χ3v) is 3.33. The number of ketones is 1. The Balaban J connectivity index is 2.90. The van der Waals surface area contributed by atoms with Crippen molar-refractivity contribution in [2.45, 2.75) is 26.2 Å². The zero-order valence-corrected chi connectivity index (χ0v) is 12.0. The van der Waals surface area contributed by atoms with Crippen LogP contribution in [0.4, 0.5) is 0 Å². The average molecular weight is 280 g/mol. The molecule has 1 aliphatic carbocycles. The monoisotopic (exact) mass is 280 g/mol. The first kappa shape index (κ1) is 16.1. The van der Waals surface area contributed by atoms with Gasteiger partial charge in [-0.25, -0.2) is 4.79 Å². The molecule has 0 aliphatic heterocycles. The standard InChI is InChI=1S/C15H20O5/c1-4-5-6-7-11-10(9-13(16)19-2)8-12(14(11)17)15(18)20-3/h5-6,8,10-11H,4,7,9H2,1-3H3/b6-5-. The topological polar surface area (TPSA) is 69.7 Å². The summed E-state index contributed by atoms with van der Waals surface area (Å²) in [6.45, 7) is 2.00. The van der Waals surface area contributed by atoms with Crippen LogP contribution in [0.1, 0.15) is 26.2 Å². The van der Waals surface area contributed by atoms with Gasteiger partial charge < -0.3 is 9.47 Å². The number of esters is 2. The molecule has 0 amide bonds. The van der Waals surface area contributed by atoms with E-state index in [1.807, 2.05) is 19.1 Å². The fourth-order valence-corrected chi connectivity index (χ4v) is 2.25. The van der Waals surface area contributed by atoms with Crippen molar-refractivity contribution in [1.82, 2.24) is 0 Å². The maximum absolute atomic E-state index is 12.2. The maximum Gasteiger partial charge on any atom is 0.341 e. The van der Waals surface area contributed by atoms with Crippen molar-refractivity contribution < 1.29 is 23.9 Å². The van der Waals surface area contributed by atoms with Gasteiger partial charge in [0.2, 0.25) is 0 Å². The van der Waals surface area contributed by atoms with E-state index < -0.39 is 17.9 Å². The molecule has 5 heteroatoms. The predicted octanol–water partition coefficient (Wildman–Crippen LogP) is 1.82. The van der Waals surface area contributed by atoms with E-state index in [1.165, 1.54) is 20.3 Å². The van der Waals surface area contributed by atoms with Gasteiger partial charge in [0.1, 0.15) is 0 Å². The molecule has 0 fully saturated rings. The van der Waals surface area contributed by atoms with Gasteiger partial charge >= 0.3 is 11.9 Å². The Labute approximate surface area is 118 Å². The lowest BCUT2D eigenvalue weighted by Crippen LogP contribution is -2.21. The molecule has 0 bridgehead atoms. The van der Waals surface area contributed by atoms with Crippen molar-refractivity contribution in [2.24, 2.45) is 11.8 Å². The number of ether oxygens (including phenoxy) is 2. The Morgan fingerprint density at radius 1 is 1.25 bits per heavy atom. The fraction of sp³-hybridized carbons (Fsp3) is 0.533. The van der Waals surface area contributed by atoms with Crippen LogP contribution in [0.3, 0.4) is 0 Å². The molecule has 5 nitrogen and oxygen atoms in total. The summed E-state index contributed by atoms with van der Waals surface area (Å²) in [5.74, 6) is -2.01. The molecule has 0 saturated heterocycles. The summed E-state index contributed by atoms with van der Waals surface area (Å²) in [7, 11) is 2.53. The van der Waals surface area contributed by atoms with Crippen molar-refractivity contribution >= 4 is 17.7 Å². The maximum atomic E-state index is 12.2. The SMILES string of the molecule is CC/C=C\CC1C(=O)C(C(=O)OC)=CC1CC(=O)OC. The van der Waals surface area contributed by atoms with Crippen molar-refractivity contribution in [3.63, 3.8) is 0 Å². The molecule has 2 unspecified atom stereocenters. The Bertz CT molecular complexity index is 447. The summed E-state index contributed by atoms with van der Waals surface area (Å²) in [5, 5.41) is 0. The third kappa shape index (κ3) is 3.79. The molecule has 0 heterocycles. The van der Waals surface area contributed by atoms with Gasteiger partial charge in [0.05, 0.1) is 26.2 Å². The first-order chi connectivity index (χ1) is 9.54. The molecule has 0 saturated carbocycles. The summed E-state index contributed by atoms with van der Waals surface area (Å²) >= 11 is 0. The molecule has 0 aromatic rings. The second-order valence-corrected chi connectivity index (χ2v) is 4.60. The van der Waals surface area contributed by atoms with E-state index in [4.69, 9.17) is 0 Å². The highest BCUT2D eigenvalue weighted by molar-refractivity contribution is 6.20. The van der Waals surface area contributed by atoms with Crippen LogP contribution in [0.15, 0.2) is 23.8 Å². The lowest BCUT2D eigenvalue weighted by molar-refractivity contribution is -0.141. The summed E-state index contributed by atoms with van der Waals surface area (Å²) in [6.07, 6.45) is 6.87.